The van der Waals surface area contributed by atoms with E-state index in [1.165, 1.54) is 0 Å². The number of likely N-dealkylation sites (tertiary alicyclic amines) is 1. The smallest absolute Gasteiger partial charge is 0.257 e. The van der Waals surface area contributed by atoms with Crippen LogP contribution in [0.25, 0.3) is 0 Å². The fourth-order valence-electron chi connectivity index (χ4n) is 4.55. The van der Waals surface area contributed by atoms with Gasteiger partial charge in [0.1, 0.15) is 11.4 Å². The van der Waals surface area contributed by atoms with Crippen molar-refractivity contribution in [2.75, 3.05) is 26.7 Å². The van der Waals surface area contributed by atoms with Crippen molar-refractivity contribution in [3.63, 3.8) is 0 Å². The number of amides is 2. The van der Waals surface area contributed by atoms with E-state index in [1.54, 1.807) is 4.90 Å². The van der Waals surface area contributed by atoms with Gasteiger partial charge in [0, 0.05) is 26.1 Å². The summed E-state index contributed by atoms with van der Waals surface area (Å²) < 4.78 is 6.39. The van der Waals surface area contributed by atoms with Gasteiger partial charge in [-0.2, -0.15) is 0 Å². The maximum atomic E-state index is 12.7. The quantitative estimate of drug-likeness (QED) is 0.788. The zero-order chi connectivity index (χ0) is 17.4. The molecule has 1 aromatic rings. The molecular weight excluding hydrogens is 316 g/mol. The molecule has 2 fully saturated rings. The molecule has 2 heterocycles. The maximum Gasteiger partial charge on any atom is 0.257 e. The van der Waals surface area contributed by atoms with Crippen LogP contribution in [0.5, 0.6) is 5.75 Å². The molecule has 0 atom stereocenters. The molecule has 0 unspecified atom stereocenters. The zero-order valence-electron chi connectivity index (χ0n) is 14.9. The lowest BCUT2D eigenvalue weighted by Gasteiger charge is -2.41. The second-order valence-corrected chi connectivity index (χ2v) is 7.75. The molecule has 0 radical (unpaired) electrons. The van der Waals surface area contributed by atoms with Crippen molar-refractivity contribution in [2.45, 2.75) is 44.1 Å². The monoisotopic (exact) mass is 342 g/mol. The van der Waals surface area contributed by atoms with Gasteiger partial charge in [-0.25, -0.2) is 0 Å². The molecule has 1 saturated heterocycles. The first-order chi connectivity index (χ1) is 12.1. The summed E-state index contributed by atoms with van der Waals surface area (Å²) in [5, 5.41) is 0. The summed E-state index contributed by atoms with van der Waals surface area (Å²) in [4.78, 5) is 29.1. The van der Waals surface area contributed by atoms with Crippen LogP contribution in [0.1, 0.15) is 48.9 Å². The van der Waals surface area contributed by atoms with E-state index in [9.17, 15) is 9.59 Å². The highest BCUT2D eigenvalue weighted by Crippen LogP contribution is 2.40. The largest absolute Gasteiger partial charge is 0.485 e. The number of rotatable bonds is 1. The molecule has 2 amide bonds. The molecule has 25 heavy (non-hydrogen) atoms. The van der Waals surface area contributed by atoms with Gasteiger partial charge in [-0.05, 0) is 50.7 Å². The lowest BCUT2D eigenvalue weighted by molar-refractivity contribution is -0.137. The van der Waals surface area contributed by atoms with E-state index >= 15 is 0 Å². The number of carbonyl (C=O) groups is 2. The second-order valence-electron chi connectivity index (χ2n) is 7.75. The predicted molar refractivity (Wildman–Crippen MR) is 94.5 cm³/mol. The Kier molecular flexibility index (Phi) is 4.18. The summed E-state index contributed by atoms with van der Waals surface area (Å²) >= 11 is 0. The molecule has 1 aliphatic carbocycles. The standard InChI is InChI=1S/C20H26N2O3/c1-21-14-20(25-17-7-3-2-6-16(17)19(21)24)10-8-15(9-11-20)18(23)22-12-4-5-13-22/h2-3,6-7,15H,4-5,8-14H2,1H3. The summed E-state index contributed by atoms with van der Waals surface area (Å²) in [6.07, 6.45) is 5.61. The number of para-hydroxylation sites is 1. The highest BCUT2D eigenvalue weighted by atomic mass is 16.5. The highest BCUT2D eigenvalue weighted by molar-refractivity contribution is 5.97. The van der Waals surface area contributed by atoms with Crippen molar-refractivity contribution in [2.24, 2.45) is 5.92 Å². The minimum atomic E-state index is -0.362. The van der Waals surface area contributed by atoms with E-state index in [0.29, 0.717) is 23.8 Å². The number of carbonyl (C=O) groups excluding carboxylic acids is 2. The van der Waals surface area contributed by atoms with Gasteiger partial charge in [0.15, 0.2) is 0 Å². The summed E-state index contributed by atoms with van der Waals surface area (Å²) in [6, 6.07) is 7.50. The average molecular weight is 342 g/mol. The SMILES string of the molecule is CN1CC2(CCC(C(=O)N3CCCC3)CC2)Oc2ccccc2C1=O. The van der Waals surface area contributed by atoms with Gasteiger partial charge < -0.3 is 14.5 Å². The van der Waals surface area contributed by atoms with E-state index in [-0.39, 0.29) is 17.4 Å². The van der Waals surface area contributed by atoms with Crippen molar-refractivity contribution >= 4 is 11.8 Å². The van der Waals surface area contributed by atoms with Crippen LogP contribution >= 0.6 is 0 Å². The molecule has 134 valence electrons. The van der Waals surface area contributed by atoms with Crippen LogP contribution in [0.3, 0.4) is 0 Å². The van der Waals surface area contributed by atoms with Crippen LogP contribution in [0.2, 0.25) is 0 Å². The second kappa shape index (κ2) is 6.36. The Labute approximate surface area is 148 Å². The molecule has 0 aromatic heterocycles. The minimum absolute atomic E-state index is 0.0164. The Morgan fingerprint density at radius 1 is 1.16 bits per heavy atom. The first kappa shape index (κ1) is 16.4. The minimum Gasteiger partial charge on any atom is -0.485 e. The number of hydrogen-bond donors (Lipinski definition) is 0. The van der Waals surface area contributed by atoms with Crippen LogP contribution in [0, 0.1) is 5.92 Å². The van der Waals surface area contributed by atoms with E-state index in [2.05, 4.69) is 0 Å². The van der Waals surface area contributed by atoms with Crippen LogP contribution in [-0.2, 0) is 4.79 Å². The number of hydrogen-bond acceptors (Lipinski definition) is 3. The normalized spacial score (nSPS) is 29.3. The van der Waals surface area contributed by atoms with Gasteiger partial charge in [-0.1, -0.05) is 12.1 Å². The lowest BCUT2D eigenvalue weighted by atomic mass is 9.77. The Morgan fingerprint density at radius 3 is 2.56 bits per heavy atom. The van der Waals surface area contributed by atoms with Crippen molar-refractivity contribution in [3.05, 3.63) is 29.8 Å². The fourth-order valence-corrected chi connectivity index (χ4v) is 4.55. The van der Waals surface area contributed by atoms with Crippen molar-refractivity contribution < 1.29 is 14.3 Å². The summed E-state index contributed by atoms with van der Waals surface area (Å²) in [6.45, 7) is 2.42. The van der Waals surface area contributed by atoms with Crippen molar-refractivity contribution in [1.29, 1.82) is 0 Å². The molecule has 0 bridgehead atoms. The molecule has 1 spiro atoms. The van der Waals surface area contributed by atoms with Crippen LogP contribution in [-0.4, -0.2) is 53.9 Å². The molecule has 5 nitrogen and oxygen atoms in total. The molecule has 1 aromatic carbocycles. The molecule has 3 aliphatic rings. The Morgan fingerprint density at radius 2 is 1.84 bits per heavy atom. The Balaban J connectivity index is 1.50. The number of nitrogens with zero attached hydrogens (tertiary/aromatic N) is 2. The van der Waals surface area contributed by atoms with Gasteiger partial charge in [-0.3, -0.25) is 9.59 Å². The van der Waals surface area contributed by atoms with Crippen LogP contribution in [0.15, 0.2) is 24.3 Å². The first-order valence-electron chi connectivity index (χ1n) is 9.40. The molecule has 5 heteroatoms. The Bertz CT molecular complexity index is 673. The molecule has 0 N–H and O–H groups in total. The number of likely N-dealkylation sites (N-methyl/N-ethyl adjacent to an activating group) is 1. The highest BCUT2D eigenvalue weighted by Gasteiger charge is 2.44. The van der Waals surface area contributed by atoms with E-state index < -0.39 is 0 Å². The summed E-state index contributed by atoms with van der Waals surface area (Å²) in [7, 11) is 1.84. The topological polar surface area (TPSA) is 49.9 Å². The van der Waals surface area contributed by atoms with Gasteiger partial charge in [0.2, 0.25) is 5.91 Å². The first-order valence-corrected chi connectivity index (χ1v) is 9.40. The third-order valence-electron chi connectivity index (χ3n) is 5.98. The molecule has 2 aliphatic heterocycles. The van der Waals surface area contributed by atoms with Crippen LogP contribution < -0.4 is 4.74 Å². The van der Waals surface area contributed by atoms with Gasteiger partial charge in [0.05, 0.1) is 12.1 Å². The summed E-state index contributed by atoms with van der Waals surface area (Å²) in [5.74, 6) is 1.14. The molecule has 1 saturated carbocycles. The predicted octanol–water partition coefficient (Wildman–Crippen LogP) is 2.70. The van der Waals surface area contributed by atoms with E-state index in [1.807, 2.05) is 36.2 Å². The lowest BCUT2D eigenvalue weighted by Crippen LogP contribution is -2.50. The maximum absolute atomic E-state index is 12.7. The third kappa shape index (κ3) is 3.00. The van der Waals surface area contributed by atoms with Crippen molar-refractivity contribution in [1.82, 2.24) is 9.80 Å². The van der Waals surface area contributed by atoms with E-state index in [4.69, 9.17) is 4.74 Å². The number of benzene rings is 1. The molecular formula is C20H26N2O3. The van der Waals surface area contributed by atoms with Crippen LogP contribution in [0.4, 0.5) is 0 Å². The zero-order valence-corrected chi connectivity index (χ0v) is 14.9. The van der Waals surface area contributed by atoms with Gasteiger partial charge in [0.25, 0.3) is 5.91 Å². The third-order valence-corrected chi connectivity index (χ3v) is 5.98. The Hall–Kier alpha value is -2.04. The number of fused-ring (bicyclic) bond motifs is 1. The number of ether oxygens (including phenoxy) is 1. The van der Waals surface area contributed by atoms with Gasteiger partial charge >= 0.3 is 0 Å². The van der Waals surface area contributed by atoms with E-state index in [0.717, 1.165) is 51.6 Å². The molecule has 4 rings (SSSR count). The average Bonchev–Trinajstić information content (AvgIpc) is 3.13. The fraction of sp³-hybridized carbons (Fsp3) is 0.600. The van der Waals surface area contributed by atoms with Crippen molar-refractivity contribution in [3.8, 4) is 5.75 Å². The van der Waals surface area contributed by atoms with Gasteiger partial charge in [-0.15, -0.1) is 0 Å². The summed E-state index contributed by atoms with van der Waals surface area (Å²) in [5.41, 5.74) is 0.274.